The smallest absolute Gasteiger partial charge is 0.126 e. The number of nitrogens with zero attached hydrogens (tertiary/aromatic N) is 4. The van der Waals surface area contributed by atoms with Gasteiger partial charge in [0.15, 0.2) is 0 Å². The van der Waals surface area contributed by atoms with Crippen LogP contribution in [0.3, 0.4) is 0 Å². The van der Waals surface area contributed by atoms with Gasteiger partial charge in [-0.2, -0.15) is 0 Å². The highest BCUT2D eigenvalue weighted by molar-refractivity contribution is 6.75. The maximum Gasteiger partial charge on any atom is 0.256 e. The fourth-order valence-corrected chi connectivity index (χ4v) is 2.24. The van der Waals surface area contributed by atoms with Crippen molar-refractivity contribution in [2.24, 2.45) is 20.7 Å². The predicted molar refractivity (Wildman–Crippen MR) is 72.6 cm³/mol. The standard InChI is InChI=1S/C9H5Cl5N4/c10-8(11,9(12,13)14)7(15-17-18-16-7)6-4-2-1-3-5-6/h1-5H. The second kappa shape index (κ2) is 4.76. The van der Waals surface area contributed by atoms with Gasteiger partial charge in [0.1, 0.15) is 0 Å². The van der Waals surface area contributed by atoms with Crippen molar-refractivity contribution in [3.05, 3.63) is 35.9 Å². The van der Waals surface area contributed by atoms with Gasteiger partial charge in [-0.1, -0.05) is 88.3 Å². The molecule has 0 unspecified atom stereocenters. The molecule has 0 saturated heterocycles. The lowest BCUT2D eigenvalue weighted by molar-refractivity contribution is 0.404. The number of halogens is 5. The summed E-state index contributed by atoms with van der Waals surface area (Å²) in [4.78, 5) is 0. The first-order valence-electron chi connectivity index (χ1n) is 4.65. The molecule has 2 rings (SSSR count). The Morgan fingerprint density at radius 3 is 1.78 bits per heavy atom. The third kappa shape index (κ3) is 2.10. The molecule has 0 aromatic heterocycles. The molecule has 0 amide bonds. The number of hydrogen-bond donors (Lipinski definition) is 0. The molecular formula is C9H5Cl5N4. The van der Waals surface area contributed by atoms with Crippen LogP contribution in [0.15, 0.2) is 51.0 Å². The van der Waals surface area contributed by atoms with E-state index in [1.54, 1.807) is 30.3 Å². The minimum Gasteiger partial charge on any atom is -0.126 e. The molecule has 0 bridgehead atoms. The maximum atomic E-state index is 6.17. The molecule has 9 heteroatoms. The van der Waals surface area contributed by atoms with Gasteiger partial charge in [-0.05, 0) is 10.4 Å². The topological polar surface area (TPSA) is 49.4 Å². The van der Waals surface area contributed by atoms with E-state index in [9.17, 15) is 0 Å². The summed E-state index contributed by atoms with van der Waals surface area (Å²) >= 11 is 29.8. The maximum absolute atomic E-state index is 6.17. The third-order valence-corrected chi connectivity index (χ3v) is 4.91. The molecule has 0 atom stereocenters. The van der Waals surface area contributed by atoms with Gasteiger partial charge in [-0.15, -0.1) is 10.2 Å². The average Bonchev–Trinajstić information content (AvgIpc) is 2.79. The molecule has 0 fully saturated rings. The number of rotatable bonds is 2. The minimum atomic E-state index is -2.03. The summed E-state index contributed by atoms with van der Waals surface area (Å²) in [6.45, 7) is 0. The van der Waals surface area contributed by atoms with E-state index in [1.807, 2.05) is 0 Å². The number of alkyl halides is 5. The normalized spacial score (nSPS) is 18.3. The van der Waals surface area contributed by atoms with Gasteiger partial charge in [0, 0.05) is 5.56 Å². The van der Waals surface area contributed by atoms with Crippen molar-refractivity contribution in [1.29, 1.82) is 0 Å². The van der Waals surface area contributed by atoms with Crippen molar-refractivity contribution in [1.82, 2.24) is 0 Å². The molecule has 0 aliphatic carbocycles. The Morgan fingerprint density at radius 2 is 1.33 bits per heavy atom. The average molecular weight is 346 g/mol. The fourth-order valence-electron chi connectivity index (χ4n) is 1.48. The highest BCUT2D eigenvalue weighted by Crippen LogP contribution is 2.59. The summed E-state index contributed by atoms with van der Waals surface area (Å²) in [6.07, 6.45) is 0. The molecule has 0 radical (unpaired) electrons. The molecule has 1 aliphatic heterocycles. The van der Waals surface area contributed by atoms with E-state index in [0.29, 0.717) is 5.56 Å². The number of hydrogen-bond acceptors (Lipinski definition) is 4. The zero-order valence-electron chi connectivity index (χ0n) is 8.57. The van der Waals surface area contributed by atoms with Crippen LogP contribution in [0.25, 0.3) is 0 Å². The zero-order valence-corrected chi connectivity index (χ0v) is 12.3. The molecule has 0 saturated carbocycles. The van der Waals surface area contributed by atoms with E-state index >= 15 is 0 Å². The quantitative estimate of drug-likeness (QED) is 0.660. The Balaban J connectivity index is 2.61. The SMILES string of the molecule is ClC(Cl)(Cl)C(Cl)(Cl)C1(c2ccccc2)N=NN=N1. The largest absolute Gasteiger partial charge is 0.256 e. The molecule has 0 spiro atoms. The molecule has 96 valence electrons. The molecule has 0 N–H and O–H groups in total. The van der Waals surface area contributed by atoms with E-state index in [0.717, 1.165) is 0 Å². The van der Waals surface area contributed by atoms with Crippen molar-refractivity contribution in [3.63, 3.8) is 0 Å². The summed E-state index contributed by atoms with van der Waals surface area (Å²) in [5, 5.41) is 14.6. The Labute approximate surface area is 128 Å². The van der Waals surface area contributed by atoms with Crippen molar-refractivity contribution < 1.29 is 0 Å². The zero-order chi connectivity index (χ0) is 13.4. The summed E-state index contributed by atoms with van der Waals surface area (Å²) in [5.41, 5.74) is -1.06. The molecule has 18 heavy (non-hydrogen) atoms. The van der Waals surface area contributed by atoms with Crippen LogP contribution < -0.4 is 0 Å². The minimum absolute atomic E-state index is 0.520. The Hall–Kier alpha value is -0.130. The van der Waals surface area contributed by atoms with Crippen LogP contribution in [0.2, 0.25) is 0 Å². The Morgan fingerprint density at radius 1 is 0.833 bits per heavy atom. The predicted octanol–water partition coefficient (Wildman–Crippen LogP) is 5.22. The van der Waals surface area contributed by atoms with Crippen LogP contribution in [0.5, 0.6) is 0 Å². The van der Waals surface area contributed by atoms with Crippen molar-refractivity contribution in [2.45, 2.75) is 13.8 Å². The van der Waals surface area contributed by atoms with Gasteiger partial charge in [-0.25, -0.2) is 0 Å². The lowest BCUT2D eigenvalue weighted by Crippen LogP contribution is -2.48. The fraction of sp³-hybridized carbons (Fsp3) is 0.333. The van der Waals surface area contributed by atoms with Crippen molar-refractivity contribution >= 4 is 58.0 Å². The highest BCUT2D eigenvalue weighted by atomic mass is 35.6. The molecular weight excluding hydrogens is 341 g/mol. The van der Waals surface area contributed by atoms with Gasteiger partial charge in [0.05, 0.1) is 0 Å². The van der Waals surface area contributed by atoms with E-state index in [2.05, 4.69) is 20.7 Å². The summed E-state index contributed by atoms with van der Waals surface area (Å²) in [5.74, 6) is 0. The van der Waals surface area contributed by atoms with Gasteiger partial charge >= 0.3 is 0 Å². The van der Waals surface area contributed by atoms with Crippen LogP contribution in [0.4, 0.5) is 0 Å². The van der Waals surface area contributed by atoms with Gasteiger partial charge < -0.3 is 0 Å². The molecule has 1 aromatic carbocycles. The second-order valence-electron chi connectivity index (χ2n) is 3.49. The van der Waals surface area contributed by atoms with Crippen LogP contribution in [0.1, 0.15) is 5.56 Å². The highest BCUT2D eigenvalue weighted by Gasteiger charge is 2.64. The van der Waals surface area contributed by atoms with Crippen molar-refractivity contribution in [3.8, 4) is 0 Å². The summed E-state index contributed by atoms with van der Waals surface area (Å²) in [7, 11) is 0. The van der Waals surface area contributed by atoms with Crippen LogP contribution >= 0.6 is 58.0 Å². The first kappa shape index (κ1) is 14.3. The first-order chi connectivity index (χ1) is 8.31. The van der Waals surface area contributed by atoms with Crippen LogP contribution in [-0.2, 0) is 5.66 Å². The van der Waals surface area contributed by atoms with E-state index < -0.39 is 13.8 Å². The van der Waals surface area contributed by atoms with Crippen molar-refractivity contribution in [2.75, 3.05) is 0 Å². The van der Waals surface area contributed by atoms with Gasteiger partial charge in [0.25, 0.3) is 5.66 Å². The lowest BCUT2D eigenvalue weighted by Gasteiger charge is -2.37. The van der Waals surface area contributed by atoms with E-state index in [1.165, 1.54) is 0 Å². The summed E-state index contributed by atoms with van der Waals surface area (Å²) < 4.78 is -4.00. The monoisotopic (exact) mass is 344 g/mol. The molecule has 1 heterocycles. The van der Waals surface area contributed by atoms with Crippen LogP contribution in [-0.4, -0.2) is 8.13 Å². The number of benzene rings is 1. The van der Waals surface area contributed by atoms with Gasteiger partial charge in [0.2, 0.25) is 8.13 Å². The lowest BCUT2D eigenvalue weighted by atomic mass is 9.97. The Bertz CT molecular complexity index is 481. The molecule has 4 nitrogen and oxygen atoms in total. The second-order valence-corrected chi connectivity index (χ2v) is 7.10. The first-order valence-corrected chi connectivity index (χ1v) is 6.54. The van der Waals surface area contributed by atoms with E-state index in [4.69, 9.17) is 58.0 Å². The third-order valence-electron chi connectivity index (χ3n) is 2.39. The van der Waals surface area contributed by atoms with E-state index in [-0.39, 0.29) is 0 Å². The molecule has 1 aromatic rings. The van der Waals surface area contributed by atoms with Crippen LogP contribution in [0, 0.1) is 0 Å². The molecule has 1 aliphatic rings. The Kier molecular flexibility index (Phi) is 3.78. The summed E-state index contributed by atoms with van der Waals surface area (Å²) in [6, 6.07) is 8.70. The van der Waals surface area contributed by atoms with Gasteiger partial charge in [-0.3, -0.25) is 0 Å².